The average molecular weight is 263 g/mol. The summed E-state index contributed by atoms with van der Waals surface area (Å²) in [6.07, 6.45) is 0.982. The summed E-state index contributed by atoms with van der Waals surface area (Å²) < 4.78 is 5.28. The first-order valence-corrected chi connectivity index (χ1v) is 6.24. The maximum absolute atomic E-state index is 12.2. The number of rotatable bonds is 4. The van der Waals surface area contributed by atoms with E-state index in [4.69, 9.17) is 9.84 Å². The fourth-order valence-corrected chi connectivity index (χ4v) is 2.17. The van der Waals surface area contributed by atoms with E-state index in [1.165, 1.54) is 12.1 Å². The zero-order chi connectivity index (χ0) is 13.8. The van der Waals surface area contributed by atoms with Crippen molar-refractivity contribution in [3.8, 4) is 0 Å². The number of ether oxygens (including phenoxy) is 1. The molecule has 1 aromatic carbocycles. The molecule has 1 heterocycles. The summed E-state index contributed by atoms with van der Waals surface area (Å²) in [5.74, 6) is -0.688. The minimum atomic E-state index is -0.990. The van der Waals surface area contributed by atoms with Gasteiger partial charge in [-0.3, -0.25) is 4.79 Å². The van der Waals surface area contributed by atoms with Crippen LogP contribution >= 0.6 is 0 Å². The number of carbonyl (C=O) groups is 2. The van der Waals surface area contributed by atoms with E-state index in [9.17, 15) is 9.59 Å². The SMILES string of the molecule is CN(CC1CCOC1)C(=O)c1ccc(C(=O)O)cc1. The Morgan fingerprint density at radius 2 is 1.95 bits per heavy atom. The Kier molecular flexibility index (Phi) is 4.16. The van der Waals surface area contributed by atoms with E-state index in [1.807, 2.05) is 0 Å². The molecule has 1 fully saturated rings. The predicted molar refractivity (Wildman–Crippen MR) is 69.3 cm³/mol. The number of nitrogens with zero attached hydrogens (tertiary/aromatic N) is 1. The molecule has 102 valence electrons. The van der Waals surface area contributed by atoms with Gasteiger partial charge in [-0.05, 0) is 30.7 Å². The standard InChI is InChI=1S/C14H17NO4/c1-15(8-10-6-7-19-9-10)13(16)11-2-4-12(5-3-11)14(17)18/h2-5,10H,6-9H2,1H3,(H,17,18). The Morgan fingerprint density at radius 3 is 2.47 bits per heavy atom. The molecule has 0 saturated carbocycles. The lowest BCUT2D eigenvalue weighted by Crippen LogP contribution is -2.32. The van der Waals surface area contributed by atoms with Crippen LogP contribution in [0.4, 0.5) is 0 Å². The van der Waals surface area contributed by atoms with Crippen molar-refractivity contribution in [2.24, 2.45) is 5.92 Å². The van der Waals surface area contributed by atoms with Crippen molar-refractivity contribution in [1.29, 1.82) is 0 Å². The van der Waals surface area contributed by atoms with Crippen LogP contribution in [0.2, 0.25) is 0 Å². The molecule has 1 unspecified atom stereocenters. The monoisotopic (exact) mass is 263 g/mol. The first-order valence-electron chi connectivity index (χ1n) is 6.24. The van der Waals surface area contributed by atoms with Crippen molar-refractivity contribution in [3.05, 3.63) is 35.4 Å². The van der Waals surface area contributed by atoms with Gasteiger partial charge in [-0.25, -0.2) is 4.79 Å². The molecule has 1 atom stereocenters. The third-order valence-electron chi connectivity index (χ3n) is 3.28. The van der Waals surface area contributed by atoms with Crippen LogP contribution in [0.1, 0.15) is 27.1 Å². The van der Waals surface area contributed by atoms with Crippen LogP contribution in [0, 0.1) is 5.92 Å². The molecule has 5 heteroatoms. The van der Waals surface area contributed by atoms with Crippen LogP contribution < -0.4 is 0 Å². The molecule has 0 bridgehead atoms. The summed E-state index contributed by atoms with van der Waals surface area (Å²) in [7, 11) is 1.76. The van der Waals surface area contributed by atoms with Crippen molar-refractivity contribution in [2.75, 3.05) is 26.8 Å². The van der Waals surface area contributed by atoms with Gasteiger partial charge in [0.15, 0.2) is 0 Å². The third kappa shape index (κ3) is 3.32. The van der Waals surface area contributed by atoms with Gasteiger partial charge in [-0.1, -0.05) is 0 Å². The lowest BCUT2D eigenvalue weighted by molar-refractivity contribution is 0.0694. The molecule has 1 aromatic rings. The second-order valence-electron chi connectivity index (χ2n) is 4.80. The van der Waals surface area contributed by atoms with Crippen LogP contribution in [0.25, 0.3) is 0 Å². The topological polar surface area (TPSA) is 66.8 Å². The summed E-state index contributed by atoms with van der Waals surface area (Å²) in [6.45, 7) is 2.13. The largest absolute Gasteiger partial charge is 0.478 e. The van der Waals surface area contributed by atoms with Crippen LogP contribution in [-0.4, -0.2) is 48.7 Å². The number of hydrogen-bond donors (Lipinski definition) is 1. The third-order valence-corrected chi connectivity index (χ3v) is 3.28. The second kappa shape index (κ2) is 5.84. The van der Waals surface area contributed by atoms with Gasteiger partial charge in [-0.2, -0.15) is 0 Å². The van der Waals surface area contributed by atoms with Crippen LogP contribution in [0.3, 0.4) is 0 Å². The van der Waals surface area contributed by atoms with Gasteiger partial charge in [0.1, 0.15) is 0 Å². The fourth-order valence-electron chi connectivity index (χ4n) is 2.17. The molecule has 0 spiro atoms. The summed E-state index contributed by atoms with van der Waals surface area (Å²) in [4.78, 5) is 24.5. The number of carboxylic acid groups (broad SMARTS) is 1. The Bertz CT molecular complexity index is 463. The molecular weight excluding hydrogens is 246 g/mol. The molecule has 1 aliphatic rings. The van der Waals surface area contributed by atoms with Gasteiger partial charge in [0.05, 0.1) is 12.2 Å². The summed E-state index contributed by atoms with van der Waals surface area (Å²) >= 11 is 0. The second-order valence-corrected chi connectivity index (χ2v) is 4.80. The van der Waals surface area contributed by atoms with E-state index in [0.29, 0.717) is 24.6 Å². The van der Waals surface area contributed by atoms with Crippen molar-refractivity contribution in [3.63, 3.8) is 0 Å². The highest BCUT2D eigenvalue weighted by Crippen LogP contribution is 2.15. The van der Waals surface area contributed by atoms with Crippen LogP contribution in [0.5, 0.6) is 0 Å². The number of aromatic carboxylic acids is 1. The highest BCUT2D eigenvalue weighted by Gasteiger charge is 2.20. The molecule has 0 radical (unpaired) electrons. The Morgan fingerprint density at radius 1 is 1.32 bits per heavy atom. The molecule has 19 heavy (non-hydrogen) atoms. The molecule has 1 saturated heterocycles. The molecule has 1 N–H and O–H groups in total. The maximum atomic E-state index is 12.2. The number of carboxylic acids is 1. The first kappa shape index (κ1) is 13.5. The number of carbonyl (C=O) groups excluding carboxylic acids is 1. The summed E-state index contributed by atoms with van der Waals surface area (Å²) in [5.41, 5.74) is 0.690. The highest BCUT2D eigenvalue weighted by molar-refractivity contribution is 5.95. The molecule has 1 amide bonds. The van der Waals surface area contributed by atoms with E-state index >= 15 is 0 Å². The normalized spacial score (nSPS) is 18.3. The average Bonchev–Trinajstić information content (AvgIpc) is 2.90. The smallest absolute Gasteiger partial charge is 0.335 e. The Hall–Kier alpha value is -1.88. The van der Waals surface area contributed by atoms with Gasteiger partial charge in [0, 0.05) is 31.7 Å². The molecule has 2 rings (SSSR count). The first-order chi connectivity index (χ1) is 9.08. The zero-order valence-corrected chi connectivity index (χ0v) is 10.8. The highest BCUT2D eigenvalue weighted by atomic mass is 16.5. The van der Waals surface area contributed by atoms with E-state index < -0.39 is 5.97 Å². The summed E-state index contributed by atoms with van der Waals surface area (Å²) in [5, 5.41) is 8.80. The van der Waals surface area contributed by atoms with Crippen molar-refractivity contribution >= 4 is 11.9 Å². The van der Waals surface area contributed by atoms with Gasteiger partial charge in [-0.15, -0.1) is 0 Å². The maximum Gasteiger partial charge on any atom is 0.335 e. The lowest BCUT2D eigenvalue weighted by Gasteiger charge is -2.20. The molecule has 1 aliphatic heterocycles. The van der Waals surface area contributed by atoms with Crippen molar-refractivity contribution in [1.82, 2.24) is 4.90 Å². The van der Waals surface area contributed by atoms with E-state index in [1.54, 1.807) is 24.1 Å². The molecular formula is C14H17NO4. The van der Waals surface area contributed by atoms with Gasteiger partial charge in [0.25, 0.3) is 5.91 Å². The quantitative estimate of drug-likeness (QED) is 0.893. The Labute approximate surface area is 111 Å². The zero-order valence-electron chi connectivity index (χ0n) is 10.8. The fraction of sp³-hybridized carbons (Fsp3) is 0.429. The van der Waals surface area contributed by atoms with Crippen molar-refractivity contribution in [2.45, 2.75) is 6.42 Å². The minimum absolute atomic E-state index is 0.0937. The molecule has 0 aromatic heterocycles. The van der Waals surface area contributed by atoms with Crippen LogP contribution in [-0.2, 0) is 4.74 Å². The number of benzene rings is 1. The minimum Gasteiger partial charge on any atom is -0.478 e. The number of hydrogen-bond acceptors (Lipinski definition) is 3. The van der Waals surface area contributed by atoms with Gasteiger partial charge < -0.3 is 14.7 Å². The van der Waals surface area contributed by atoms with E-state index in [-0.39, 0.29) is 11.5 Å². The van der Waals surface area contributed by atoms with E-state index in [2.05, 4.69) is 0 Å². The Balaban J connectivity index is 1.99. The molecule has 5 nitrogen and oxygen atoms in total. The van der Waals surface area contributed by atoms with Gasteiger partial charge in [0.2, 0.25) is 0 Å². The van der Waals surface area contributed by atoms with E-state index in [0.717, 1.165) is 13.0 Å². The van der Waals surface area contributed by atoms with Gasteiger partial charge >= 0.3 is 5.97 Å². The van der Waals surface area contributed by atoms with Crippen LogP contribution in [0.15, 0.2) is 24.3 Å². The number of amides is 1. The summed E-state index contributed by atoms with van der Waals surface area (Å²) in [6, 6.07) is 5.99. The molecule has 0 aliphatic carbocycles. The lowest BCUT2D eigenvalue weighted by atomic mass is 10.1. The predicted octanol–water partition coefficient (Wildman–Crippen LogP) is 1.49. The van der Waals surface area contributed by atoms with Crippen molar-refractivity contribution < 1.29 is 19.4 Å².